The van der Waals surface area contributed by atoms with Gasteiger partial charge in [0.25, 0.3) is 0 Å². The second kappa shape index (κ2) is 16.5. The molecular weight excluding hydrogens is 737 g/mol. The van der Waals surface area contributed by atoms with Crippen LogP contribution in [0.15, 0.2) is 122 Å². The predicted octanol–water partition coefficient (Wildman–Crippen LogP) is 7.89. The molecule has 2 fully saturated rings. The van der Waals surface area contributed by atoms with Gasteiger partial charge in [-0.1, -0.05) is 109 Å². The molecule has 4 aromatic carbocycles. The molecule has 56 heavy (non-hydrogen) atoms. The number of nitrogens with one attached hydrogen (secondary N) is 2. The molecular formula is C44H46N8O2S2. The minimum Gasteiger partial charge on any atom is -0.340 e. The number of likely N-dealkylation sites (N-methyl/N-ethyl adjacent to an activating group) is 2. The van der Waals surface area contributed by atoms with Crippen molar-refractivity contribution in [1.82, 2.24) is 39.5 Å². The standard InChI is InChI=1S/C44H46N8O2S2/c1-49(2)39(33-11-7-5-8-12-33)43(53)51-27-55-25-37(51)41-45-23-35(47-41)31-19-15-29(16-20-31)30-17-21-32(22-18-30)36-24-46-42(48-36)38-26-56-28-52(38)44(54)40(50(3)4)34-13-9-6-10-14-34/h5-24,37-40H,25-28H2,1-4H3,(H,45,47)(H,46,48)/t37-,38-,39+,40+/m0/s1. The molecule has 0 bridgehead atoms. The van der Waals surface area contributed by atoms with Crippen LogP contribution >= 0.6 is 23.5 Å². The summed E-state index contributed by atoms with van der Waals surface area (Å²) in [6.45, 7) is 0. The molecule has 0 radical (unpaired) electrons. The molecule has 2 amide bonds. The molecule has 6 aromatic rings. The Morgan fingerprint density at radius 1 is 0.571 bits per heavy atom. The monoisotopic (exact) mass is 782 g/mol. The number of imidazole rings is 2. The maximum atomic E-state index is 13.9. The third kappa shape index (κ3) is 7.66. The summed E-state index contributed by atoms with van der Waals surface area (Å²) in [5.74, 6) is 4.65. The van der Waals surface area contributed by atoms with E-state index in [1.54, 1.807) is 23.5 Å². The Hall–Kier alpha value is -5.14. The van der Waals surface area contributed by atoms with Crippen molar-refractivity contribution in [2.45, 2.75) is 24.2 Å². The fraction of sp³-hybridized carbons (Fsp3) is 0.273. The van der Waals surface area contributed by atoms with Crippen LogP contribution in [0.5, 0.6) is 0 Å². The van der Waals surface area contributed by atoms with Crippen LogP contribution in [0.25, 0.3) is 33.6 Å². The molecule has 4 heterocycles. The summed E-state index contributed by atoms with van der Waals surface area (Å²) in [5, 5.41) is 0. The van der Waals surface area contributed by atoms with Crippen LogP contribution in [0.1, 0.15) is 46.9 Å². The third-order valence-electron chi connectivity index (χ3n) is 10.6. The van der Waals surface area contributed by atoms with Crippen LogP contribution in [-0.4, -0.2) is 103 Å². The number of benzene rings is 4. The molecule has 12 heteroatoms. The van der Waals surface area contributed by atoms with Crippen molar-refractivity contribution in [3.8, 4) is 33.6 Å². The normalized spacial score (nSPS) is 18.2. The smallest absolute Gasteiger partial charge is 0.245 e. The Kier molecular flexibility index (Phi) is 11.1. The number of aromatic nitrogens is 4. The van der Waals surface area contributed by atoms with Crippen molar-refractivity contribution in [3.05, 3.63) is 144 Å². The SMILES string of the molecule is CN(C)[C@@H](C(=O)N1CSC[C@H]1c1ncc(-c2ccc(-c3ccc(-c4cnc([C@@H]5CSCN5C(=O)[C@@H](c5ccccc5)N(C)C)[nH]4)cc3)cc2)[nH]1)c1ccccc1. The Morgan fingerprint density at radius 3 is 1.29 bits per heavy atom. The first-order valence-corrected chi connectivity index (χ1v) is 21.1. The molecule has 2 aliphatic rings. The highest BCUT2D eigenvalue weighted by Gasteiger charge is 2.39. The van der Waals surface area contributed by atoms with Crippen molar-refractivity contribution in [2.75, 3.05) is 51.4 Å². The third-order valence-corrected chi connectivity index (χ3v) is 12.6. The molecule has 286 valence electrons. The zero-order valence-corrected chi connectivity index (χ0v) is 33.6. The van der Waals surface area contributed by atoms with Crippen LogP contribution < -0.4 is 0 Å². The largest absolute Gasteiger partial charge is 0.340 e. The molecule has 0 saturated carbocycles. The van der Waals surface area contributed by atoms with Crippen LogP contribution in [-0.2, 0) is 9.59 Å². The average Bonchev–Trinajstić information content (AvgIpc) is 4.06. The molecule has 2 aliphatic heterocycles. The first kappa shape index (κ1) is 37.8. The highest BCUT2D eigenvalue weighted by Crippen LogP contribution is 2.38. The minimum absolute atomic E-state index is 0.0846. The van der Waals surface area contributed by atoms with E-state index >= 15 is 0 Å². The maximum Gasteiger partial charge on any atom is 0.245 e. The van der Waals surface area contributed by atoms with Gasteiger partial charge in [-0.15, -0.1) is 23.5 Å². The second-order valence-corrected chi connectivity index (χ2v) is 16.7. The second-order valence-electron chi connectivity index (χ2n) is 14.7. The molecule has 0 aliphatic carbocycles. The van der Waals surface area contributed by atoms with Gasteiger partial charge in [0.05, 0.1) is 47.6 Å². The van der Waals surface area contributed by atoms with Crippen molar-refractivity contribution in [2.24, 2.45) is 0 Å². The van der Waals surface area contributed by atoms with Gasteiger partial charge in [-0.3, -0.25) is 19.4 Å². The van der Waals surface area contributed by atoms with E-state index in [1.807, 2.05) is 121 Å². The number of hydrogen-bond acceptors (Lipinski definition) is 8. The van der Waals surface area contributed by atoms with E-state index in [1.165, 1.54) is 0 Å². The lowest BCUT2D eigenvalue weighted by atomic mass is 10.0. The zero-order valence-electron chi connectivity index (χ0n) is 32.0. The lowest BCUT2D eigenvalue weighted by Gasteiger charge is -2.31. The number of carbonyl (C=O) groups is 2. The Bertz CT molecular complexity index is 2100. The van der Waals surface area contributed by atoms with E-state index in [9.17, 15) is 9.59 Å². The van der Waals surface area contributed by atoms with E-state index in [0.717, 1.165) is 67.9 Å². The van der Waals surface area contributed by atoms with Crippen LogP contribution in [0.2, 0.25) is 0 Å². The number of H-pyrrole nitrogens is 2. The number of nitrogens with zero attached hydrogens (tertiary/aromatic N) is 6. The van der Waals surface area contributed by atoms with Gasteiger partial charge < -0.3 is 19.8 Å². The lowest BCUT2D eigenvalue weighted by Crippen LogP contribution is -2.40. The van der Waals surface area contributed by atoms with E-state index < -0.39 is 0 Å². The fourth-order valence-electron chi connectivity index (χ4n) is 7.67. The molecule has 0 spiro atoms. The topological polar surface area (TPSA) is 104 Å². The Morgan fingerprint density at radius 2 is 0.929 bits per heavy atom. The van der Waals surface area contributed by atoms with E-state index in [4.69, 9.17) is 9.97 Å². The van der Waals surface area contributed by atoms with Gasteiger partial charge in [-0.05, 0) is 61.6 Å². The van der Waals surface area contributed by atoms with Gasteiger partial charge in [0.2, 0.25) is 11.8 Å². The summed E-state index contributed by atoms with van der Waals surface area (Å²) in [5.41, 5.74) is 8.10. The quantitative estimate of drug-likeness (QED) is 0.137. The first-order chi connectivity index (χ1) is 27.3. The number of carbonyl (C=O) groups excluding carboxylic acids is 2. The van der Waals surface area contributed by atoms with Crippen LogP contribution in [0.4, 0.5) is 0 Å². The Balaban J connectivity index is 0.930. The van der Waals surface area contributed by atoms with Crippen molar-refractivity contribution < 1.29 is 9.59 Å². The summed E-state index contributed by atoms with van der Waals surface area (Å²) in [6.07, 6.45) is 3.74. The van der Waals surface area contributed by atoms with Gasteiger partial charge in [-0.25, -0.2) is 9.97 Å². The van der Waals surface area contributed by atoms with Gasteiger partial charge in [-0.2, -0.15) is 0 Å². The minimum atomic E-state index is -0.355. The van der Waals surface area contributed by atoms with Crippen molar-refractivity contribution in [1.29, 1.82) is 0 Å². The van der Waals surface area contributed by atoms with E-state index in [0.29, 0.717) is 11.8 Å². The number of hydrogen-bond donors (Lipinski definition) is 2. The van der Waals surface area contributed by atoms with E-state index in [2.05, 4.69) is 58.5 Å². The van der Waals surface area contributed by atoms with E-state index in [-0.39, 0.29) is 36.0 Å². The summed E-state index contributed by atoms with van der Waals surface area (Å²) in [4.78, 5) is 52.3. The molecule has 2 saturated heterocycles. The Labute approximate surface area is 336 Å². The summed E-state index contributed by atoms with van der Waals surface area (Å²) in [7, 11) is 7.81. The molecule has 10 nitrogen and oxygen atoms in total. The first-order valence-electron chi connectivity index (χ1n) is 18.8. The summed E-state index contributed by atoms with van der Waals surface area (Å²) < 4.78 is 0. The molecule has 2 N–H and O–H groups in total. The van der Waals surface area contributed by atoms with Crippen LogP contribution in [0, 0.1) is 0 Å². The number of rotatable bonds is 11. The predicted molar refractivity (Wildman–Crippen MR) is 227 cm³/mol. The van der Waals surface area contributed by atoms with Crippen LogP contribution in [0.3, 0.4) is 0 Å². The number of aromatic amines is 2. The van der Waals surface area contributed by atoms with Crippen molar-refractivity contribution in [3.63, 3.8) is 0 Å². The number of amides is 2. The average molecular weight is 783 g/mol. The van der Waals surface area contributed by atoms with Gasteiger partial charge in [0, 0.05) is 11.5 Å². The molecule has 4 atom stereocenters. The fourth-order valence-corrected chi connectivity index (χ4v) is 10.0. The van der Waals surface area contributed by atoms with Gasteiger partial charge in [0.1, 0.15) is 23.7 Å². The zero-order chi connectivity index (χ0) is 38.8. The lowest BCUT2D eigenvalue weighted by molar-refractivity contribution is -0.137. The van der Waals surface area contributed by atoms with Gasteiger partial charge in [0.15, 0.2) is 0 Å². The van der Waals surface area contributed by atoms with Gasteiger partial charge >= 0.3 is 0 Å². The number of thioether (sulfide) groups is 2. The highest BCUT2D eigenvalue weighted by molar-refractivity contribution is 7.99. The maximum absolute atomic E-state index is 13.9. The summed E-state index contributed by atoms with van der Waals surface area (Å²) >= 11 is 3.51. The molecule has 2 aromatic heterocycles. The molecule has 8 rings (SSSR count). The van der Waals surface area contributed by atoms with Crippen molar-refractivity contribution >= 4 is 35.3 Å². The highest BCUT2D eigenvalue weighted by atomic mass is 32.2. The summed E-state index contributed by atoms with van der Waals surface area (Å²) in [6, 6.07) is 35.9. The molecule has 0 unspecified atom stereocenters.